The monoisotopic (exact) mass is 412 g/mol. The second-order valence-electron chi connectivity index (χ2n) is 7.36. The Kier molecular flexibility index (Phi) is 6.23. The van der Waals surface area contributed by atoms with Gasteiger partial charge in [-0.25, -0.2) is 19.6 Å². The molecule has 1 N–H and O–H groups in total. The Bertz CT molecular complexity index is 957. The quantitative estimate of drug-likeness (QED) is 0.743. The van der Waals surface area contributed by atoms with Crippen molar-refractivity contribution in [1.29, 1.82) is 0 Å². The van der Waals surface area contributed by atoms with Crippen LogP contribution >= 0.6 is 11.6 Å². The molecule has 0 saturated carbocycles. The summed E-state index contributed by atoms with van der Waals surface area (Å²) in [6.07, 6.45) is 0.785. The second kappa shape index (κ2) is 8.66. The van der Waals surface area contributed by atoms with E-state index in [4.69, 9.17) is 18.2 Å². The summed E-state index contributed by atoms with van der Waals surface area (Å²) >= 11 is 6.21. The van der Waals surface area contributed by atoms with E-state index < -0.39 is 0 Å². The third-order valence-corrected chi connectivity index (χ3v) is 5.42. The van der Waals surface area contributed by atoms with E-state index in [-0.39, 0.29) is 18.1 Å². The third-order valence-electron chi connectivity index (χ3n) is 5.12. The Morgan fingerprint density at radius 1 is 1.28 bits per heavy atom. The number of benzene rings is 1. The number of hydrogen-bond donors (Lipinski definition) is 1. The van der Waals surface area contributed by atoms with Crippen molar-refractivity contribution in [3.63, 3.8) is 0 Å². The highest BCUT2D eigenvalue weighted by Crippen LogP contribution is 2.32. The number of nitrogens with zero attached hydrogens (tertiary/aromatic N) is 5. The van der Waals surface area contributed by atoms with Crippen molar-refractivity contribution in [2.75, 3.05) is 23.3 Å². The van der Waals surface area contributed by atoms with Crippen LogP contribution in [0, 0.1) is 13.5 Å². The number of aromatic nitrogens is 2. The van der Waals surface area contributed by atoms with E-state index in [9.17, 15) is 4.79 Å². The van der Waals surface area contributed by atoms with Gasteiger partial charge in [0.1, 0.15) is 0 Å². The summed E-state index contributed by atoms with van der Waals surface area (Å²) in [5, 5.41) is 3.29. The molecule has 0 spiro atoms. The normalized spacial score (nSPS) is 19.0. The molecule has 2 atom stereocenters. The van der Waals surface area contributed by atoms with Gasteiger partial charge in [0.2, 0.25) is 11.6 Å². The largest absolute Gasteiger partial charge is 0.365 e. The predicted molar refractivity (Wildman–Crippen MR) is 116 cm³/mol. The van der Waals surface area contributed by atoms with Gasteiger partial charge in [-0.3, -0.25) is 5.32 Å². The van der Waals surface area contributed by atoms with E-state index >= 15 is 0 Å². The molecule has 0 aliphatic carbocycles. The number of carbonyl (C=O) groups is 1. The average Bonchev–Trinajstić information content (AvgIpc) is 2.68. The molecule has 1 fully saturated rings. The molecule has 0 unspecified atom stereocenters. The summed E-state index contributed by atoms with van der Waals surface area (Å²) in [6.45, 7) is 16.4. The number of rotatable bonds is 3. The fraction of sp³-hybridized carbons (Fsp3) is 0.429. The van der Waals surface area contributed by atoms with Gasteiger partial charge in [0.05, 0.1) is 6.57 Å². The Balaban J connectivity index is 1.73. The summed E-state index contributed by atoms with van der Waals surface area (Å²) in [5.41, 5.74) is 3.13. The zero-order valence-corrected chi connectivity index (χ0v) is 17.9. The molecule has 1 aliphatic rings. The summed E-state index contributed by atoms with van der Waals surface area (Å²) in [6, 6.07) is 7.27. The van der Waals surface area contributed by atoms with Crippen LogP contribution in [-0.2, 0) is 6.42 Å². The Hall–Kier alpha value is -2.85. The van der Waals surface area contributed by atoms with E-state index in [1.807, 2.05) is 43.9 Å². The van der Waals surface area contributed by atoms with Crippen molar-refractivity contribution in [3.05, 3.63) is 52.1 Å². The van der Waals surface area contributed by atoms with Crippen molar-refractivity contribution in [3.8, 4) is 0 Å². The lowest BCUT2D eigenvalue weighted by Crippen LogP contribution is -2.59. The molecule has 1 saturated heterocycles. The minimum Gasteiger partial charge on any atom is -0.365 e. The van der Waals surface area contributed by atoms with Crippen LogP contribution in [-0.4, -0.2) is 46.1 Å². The maximum absolute atomic E-state index is 12.9. The van der Waals surface area contributed by atoms with Gasteiger partial charge in [0, 0.05) is 47.3 Å². The first-order chi connectivity index (χ1) is 13.8. The van der Waals surface area contributed by atoms with Crippen molar-refractivity contribution in [2.24, 2.45) is 0 Å². The Morgan fingerprint density at radius 2 is 2.03 bits per heavy atom. The smallest absolute Gasteiger partial charge is 0.324 e. The Morgan fingerprint density at radius 3 is 2.69 bits per heavy atom. The van der Waals surface area contributed by atoms with Crippen LogP contribution in [0.1, 0.15) is 32.2 Å². The maximum Gasteiger partial charge on any atom is 0.324 e. The number of anilines is 2. The van der Waals surface area contributed by atoms with Crippen molar-refractivity contribution < 1.29 is 4.79 Å². The molecule has 0 radical (unpaired) electrons. The van der Waals surface area contributed by atoms with Crippen LogP contribution in [0.25, 0.3) is 4.85 Å². The zero-order chi connectivity index (χ0) is 21.1. The van der Waals surface area contributed by atoms with E-state index in [2.05, 4.69) is 32.0 Å². The number of hydrogen-bond acceptors (Lipinski definition) is 4. The zero-order valence-electron chi connectivity index (χ0n) is 17.1. The maximum atomic E-state index is 12.9. The van der Waals surface area contributed by atoms with Gasteiger partial charge in [-0.05, 0) is 45.4 Å². The van der Waals surface area contributed by atoms with Crippen molar-refractivity contribution >= 4 is 35.0 Å². The molecule has 2 aromatic rings. The molecule has 7 nitrogen and oxygen atoms in total. The van der Waals surface area contributed by atoms with Crippen LogP contribution in [0.5, 0.6) is 0 Å². The highest BCUT2D eigenvalue weighted by Gasteiger charge is 2.32. The molecule has 152 valence electrons. The lowest BCUT2D eigenvalue weighted by Gasteiger charge is -2.45. The first-order valence-corrected chi connectivity index (χ1v) is 10.1. The van der Waals surface area contributed by atoms with Crippen molar-refractivity contribution in [2.45, 2.75) is 46.2 Å². The molecule has 29 heavy (non-hydrogen) atoms. The first kappa shape index (κ1) is 20.9. The van der Waals surface area contributed by atoms with Crippen LogP contribution in [0.15, 0.2) is 24.3 Å². The number of piperazine rings is 1. The number of halogens is 1. The van der Waals surface area contributed by atoms with Crippen LogP contribution in [0.4, 0.5) is 22.1 Å². The molecule has 1 aliphatic heterocycles. The SMILES string of the molecule is [C-]#[N+]c1ccc(N2C[C@@H](C)N(C(=O)Nc3nc(C)cc(CC)n3)C[C@@H]2C)cc1Cl. The van der Waals surface area contributed by atoms with Gasteiger partial charge in [0.25, 0.3) is 0 Å². The average molecular weight is 413 g/mol. The van der Waals surface area contributed by atoms with E-state index in [1.165, 1.54) is 0 Å². The molecule has 1 aromatic heterocycles. The van der Waals surface area contributed by atoms with Crippen molar-refractivity contribution in [1.82, 2.24) is 14.9 Å². The molecule has 2 heterocycles. The summed E-state index contributed by atoms with van der Waals surface area (Å²) in [5.74, 6) is 0.343. The fourth-order valence-electron chi connectivity index (χ4n) is 3.57. The topological polar surface area (TPSA) is 65.7 Å². The molecular formula is C21H25ClN6O. The van der Waals surface area contributed by atoms with Crippen LogP contribution in [0.3, 0.4) is 0 Å². The number of amides is 2. The lowest BCUT2D eigenvalue weighted by molar-refractivity contribution is 0.173. The van der Waals surface area contributed by atoms with E-state index in [1.54, 1.807) is 6.07 Å². The molecule has 2 amide bonds. The minimum atomic E-state index is -0.196. The number of nitrogens with one attached hydrogen (secondary N) is 1. The number of aryl methyl sites for hydroxylation is 2. The predicted octanol–water partition coefficient (Wildman–Crippen LogP) is 4.68. The van der Waals surface area contributed by atoms with Gasteiger partial charge < -0.3 is 9.80 Å². The highest BCUT2D eigenvalue weighted by molar-refractivity contribution is 6.33. The molecule has 3 rings (SSSR count). The molecule has 0 bridgehead atoms. The standard InChI is InChI=1S/C21H25ClN6O/c1-6-16-9-13(2)24-20(25-16)26-21(29)28-12-14(3)27(11-15(28)4)17-7-8-19(23-5)18(22)10-17/h7-10,14-15H,6,11-12H2,1-4H3,(H,24,25,26,29)/t14-,15+/m0/s1. The lowest BCUT2D eigenvalue weighted by atomic mass is 10.1. The number of carbonyl (C=O) groups excluding carboxylic acids is 1. The second-order valence-corrected chi connectivity index (χ2v) is 7.77. The molecule has 8 heteroatoms. The minimum absolute atomic E-state index is 0.0130. The van der Waals surface area contributed by atoms with Gasteiger partial charge in [-0.15, -0.1) is 0 Å². The summed E-state index contributed by atoms with van der Waals surface area (Å²) in [4.78, 5) is 29.0. The van der Waals surface area contributed by atoms with Gasteiger partial charge in [-0.2, -0.15) is 0 Å². The van der Waals surface area contributed by atoms with Gasteiger partial charge in [-0.1, -0.05) is 24.6 Å². The fourth-order valence-corrected chi connectivity index (χ4v) is 3.79. The van der Waals surface area contributed by atoms with Crippen LogP contribution in [0.2, 0.25) is 5.02 Å². The first-order valence-electron chi connectivity index (χ1n) is 9.68. The third kappa shape index (κ3) is 4.60. The van der Waals surface area contributed by atoms with E-state index in [0.29, 0.717) is 29.7 Å². The van der Waals surface area contributed by atoms with Gasteiger partial charge >= 0.3 is 6.03 Å². The molecular weight excluding hydrogens is 388 g/mol. The summed E-state index contributed by atoms with van der Waals surface area (Å²) in [7, 11) is 0. The van der Waals surface area contributed by atoms with Crippen LogP contribution < -0.4 is 10.2 Å². The Labute approximate surface area is 176 Å². The molecule has 1 aromatic carbocycles. The van der Waals surface area contributed by atoms with Gasteiger partial charge in [0.15, 0.2) is 0 Å². The van der Waals surface area contributed by atoms with E-state index in [0.717, 1.165) is 23.5 Å². The number of urea groups is 1. The summed E-state index contributed by atoms with van der Waals surface area (Å²) < 4.78 is 0. The highest BCUT2D eigenvalue weighted by atomic mass is 35.5.